The molecule has 20 heavy (non-hydrogen) atoms. The molecule has 0 radical (unpaired) electrons. The Kier molecular flexibility index (Phi) is 7.76. The molecule has 1 aromatic heterocycles. The maximum atomic E-state index is 11.5. The van der Waals surface area contributed by atoms with Crippen LogP contribution in [0.15, 0.2) is 12.1 Å². The average molecular weight is 301 g/mol. The van der Waals surface area contributed by atoms with Crippen molar-refractivity contribution in [1.82, 2.24) is 4.90 Å². The van der Waals surface area contributed by atoms with Crippen LogP contribution in [0.1, 0.15) is 40.9 Å². The van der Waals surface area contributed by atoms with E-state index >= 15 is 0 Å². The van der Waals surface area contributed by atoms with Gasteiger partial charge in [-0.05, 0) is 32.0 Å². The SMILES string of the molecule is CCOC(=O)c1ccc(C(O)CCN(CC)CCO)s1. The van der Waals surface area contributed by atoms with Gasteiger partial charge >= 0.3 is 5.97 Å². The Bertz CT molecular complexity index is 408. The molecule has 0 saturated carbocycles. The largest absolute Gasteiger partial charge is 0.462 e. The lowest BCUT2D eigenvalue weighted by Gasteiger charge is -2.20. The monoisotopic (exact) mass is 301 g/mol. The number of hydrogen-bond donors (Lipinski definition) is 2. The van der Waals surface area contributed by atoms with Crippen molar-refractivity contribution in [1.29, 1.82) is 0 Å². The molecular formula is C14H23NO4S. The summed E-state index contributed by atoms with van der Waals surface area (Å²) in [5, 5.41) is 19.0. The Morgan fingerprint density at radius 1 is 1.40 bits per heavy atom. The fourth-order valence-corrected chi connectivity index (χ4v) is 2.78. The molecule has 1 aromatic rings. The smallest absolute Gasteiger partial charge is 0.348 e. The van der Waals surface area contributed by atoms with Gasteiger partial charge in [-0.2, -0.15) is 0 Å². The third-order valence-corrected chi connectivity index (χ3v) is 4.18. The van der Waals surface area contributed by atoms with Crippen LogP contribution in [0.3, 0.4) is 0 Å². The average Bonchev–Trinajstić information content (AvgIpc) is 2.93. The van der Waals surface area contributed by atoms with Crippen LogP contribution in [-0.2, 0) is 4.74 Å². The molecule has 0 amide bonds. The van der Waals surface area contributed by atoms with Crippen molar-refractivity contribution in [2.45, 2.75) is 26.4 Å². The van der Waals surface area contributed by atoms with Crippen LogP contribution in [0.5, 0.6) is 0 Å². The number of carbonyl (C=O) groups excluding carboxylic acids is 1. The molecule has 0 aromatic carbocycles. The van der Waals surface area contributed by atoms with Gasteiger partial charge in [0.25, 0.3) is 0 Å². The van der Waals surface area contributed by atoms with Crippen molar-refractivity contribution in [2.24, 2.45) is 0 Å². The maximum absolute atomic E-state index is 11.5. The minimum Gasteiger partial charge on any atom is -0.462 e. The number of nitrogens with zero attached hydrogens (tertiary/aromatic N) is 1. The molecule has 0 spiro atoms. The molecule has 0 bridgehead atoms. The first kappa shape index (κ1) is 17.1. The highest BCUT2D eigenvalue weighted by Crippen LogP contribution is 2.26. The molecule has 1 heterocycles. The standard InChI is InChI=1S/C14H23NO4S/c1-3-15(9-10-16)8-7-11(17)12-5-6-13(20-12)14(18)19-4-2/h5-6,11,16-17H,3-4,7-10H2,1-2H3. The van der Waals surface area contributed by atoms with E-state index in [0.717, 1.165) is 11.4 Å². The lowest BCUT2D eigenvalue weighted by atomic mass is 10.2. The van der Waals surface area contributed by atoms with E-state index in [0.29, 0.717) is 31.0 Å². The molecule has 114 valence electrons. The van der Waals surface area contributed by atoms with E-state index in [1.165, 1.54) is 11.3 Å². The zero-order chi connectivity index (χ0) is 15.0. The predicted molar refractivity (Wildman–Crippen MR) is 79.1 cm³/mol. The summed E-state index contributed by atoms with van der Waals surface area (Å²) in [5.41, 5.74) is 0. The van der Waals surface area contributed by atoms with E-state index in [1.807, 2.05) is 6.92 Å². The maximum Gasteiger partial charge on any atom is 0.348 e. The molecule has 0 aliphatic carbocycles. The van der Waals surface area contributed by atoms with Crippen molar-refractivity contribution < 1.29 is 19.7 Å². The molecule has 0 saturated heterocycles. The third-order valence-electron chi connectivity index (χ3n) is 3.01. The van der Waals surface area contributed by atoms with Gasteiger partial charge in [0, 0.05) is 18.0 Å². The van der Waals surface area contributed by atoms with Gasteiger partial charge in [-0.25, -0.2) is 4.79 Å². The van der Waals surface area contributed by atoms with Crippen molar-refractivity contribution in [3.05, 3.63) is 21.9 Å². The minimum atomic E-state index is -0.587. The summed E-state index contributed by atoms with van der Waals surface area (Å²) in [6, 6.07) is 3.45. The Hall–Kier alpha value is -0.950. The highest BCUT2D eigenvalue weighted by Gasteiger charge is 2.16. The van der Waals surface area contributed by atoms with E-state index in [1.54, 1.807) is 19.1 Å². The van der Waals surface area contributed by atoms with Gasteiger partial charge in [0.15, 0.2) is 0 Å². The van der Waals surface area contributed by atoms with Crippen molar-refractivity contribution in [3.8, 4) is 0 Å². The lowest BCUT2D eigenvalue weighted by Crippen LogP contribution is -2.28. The summed E-state index contributed by atoms with van der Waals surface area (Å²) in [6.07, 6.45) is -0.00713. The molecule has 5 nitrogen and oxygen atoms in total. The quantitative estimate of drug-likeness (QED) is 0.679. The molecule has 1 rings (SSSR count). The highest BCUT2D eigenvalue weighted by atomic mass is 32.1. The van der Waals surface area contributed by atoms with Crippen molar-refractivity contribution in [2.75, 3.05) is 32.8 Å². The van der Waals surface area contributed by atoms with Crippen LogP contribution in [0.2, 0.25) is 0 Å². The van der Waals surface area contributed by atoms with E-state index in [9.17, 15) is 9.90 Å². The van der Waals surface area contributed by atoms with Gasteiger partial charge in [-0.1, -0.05) is 6.92 Å². The van der Waals surface area contributed by atoms with Gasteiger partial charge in [0.05, 0.1) is 19.3 Å². The van der Waals surface area contributed by atoms with Gasteiger partial charge in [-0.3, -0.25) is 0 Å². The molecule has 0 fully saturated rings. The van der Waals surface area contributed by atoms with Crippen molar-refractivity contribution in [3.63, 3.8) is 0 Å². The van der Waals surface area contributed by atoms with Crippen molar-refractivity contribution >= 4 is 17.3 Å². The fraction of sp³-hybridized carbons (Fsp3) is 0.643. The summed E-state index contributed by atoms with van der Waals surface area (Å²) in [7, 11) is 0. The number of aliphatic hydroxyl groups excluding tert-OH is 2. The first-order chi connectivity index (χ1) is 9.62. The first-order valence-corrected chi connectivity index (χ1v) is 7.72. The molecule has 2 N–H and O–H groups in total. The van der Waals surface area contributed by atoms with Crippen LogP contribution < -0.4 is 0 Å². The molecule has 0 aliphatic heterocycles. The van der Waals surface area contributed by atoms with Crippen LogP contribution in [0.4, 0.5) is 0 Å². The zero-order valence-corrected chi connectivity index (χ0v) is 12.9. The fourth-order valence-electron chi connectivity index (χ4n) is 1.86. The summed E-state index contributed by atoms with van der Waals surface area (Å²) in [4.78, 5) is 14.9. The number of ether oxygens (including phenoxy) is 1. The van der Waals surface area contributed by atoms with Crippen LogP contribution in [-0.4, -0.2) is 53.9 Å². The topological polar surface area (TPSA) is 70.0 Å². The lowest BCUT2D eigenvalue weighted by molar-refractivity contribution is 0.0532. The first-order valence-electron chi connectivity index (χ1n) is 6.90. The van der Waals surface area contributed by atoms with Gasteiger partial charge in [0.1, 0.15) is 4.88 Å². The number of esters is 1. The van der Waals surface area contributed by atoms with E-state index in [2.05, 4.69) is 4.90 Å². The van der Waals surface area contributed by atoms with E-state index < -0.39 is 6.10 Å². The molecule has 1 atom stereocenters. The molecule has 6 heteroatoms. The van der Waals surface area contributed by atoms with Gasteiger partial charge < -0.3 is 19.8 Å². The third kappa shape index (κ3) is 5.20. The number of hydrogen-bond acceptors (Lipinski definition) is 6. The Balaban J connectivity index is 2.51. The van der Waals surface area contributed by atoms with E-state index in [-0.39, 0.29) is 12.6 Å². The second-order valence-electron chi connectivity index (χ2n) is 4.38. The second-order valence-corrected chi connectivity index (χ2v) is 5.50. The number of aliphatic hydroxyl groups is 2. The van der Waals surface area contributed by atoms with Crippen LogP contribution in [0.25, 0.3) is 0 Å². The van der Waals surface area contributed by atoms with Gasteiger partial charge in [0.2, 0.25) is 0 Å². The van der Waals surface area contributed by atoms with Crippen LogP contribution in [0, 0.1) is 0 Å². The summed E-state index contributed by atoms with van der Waals surface area (Å²) in [6.45, 7) is 6.42. The van der Waals surface area contributed by atoms with E-state index in [4.69, 9.17) is 9.84 Å². The number of carbonyl (C=O) groups is 1. The molecule has 0 aliphatic rings. The Labute approximate surface area is 123 Å². The summed E-state index contributed by atoms with van der Waals surface area (Å²) >= 11 is 1.27. The molecular weight excluding hydrogens is 278 g/mol. The number of thiophene rings is 1. The summed E-state index contributed by atoms with van der Waals surface area (Å²) < 4.78 is 4.92. The number of rotatable bonds is 9. The predicted octanol–water partition coefficient (Wildman–Crippen LogP) is 1.66. The number of likely N-dealkylation sites (N-methyl/N-ethyl adjacent to an activating group) is 1. The highest BCUT2D eigenvalue weighted by molar-refractivity contribution is 7.14. The Morgan fingerprint density at radius 3 is 2.75 bits per heavy atom. The molecule has 1 unspecified atom stereocenters. The summed E-state index contributed by atoms with van der Waals surface area (Å²) in [5.74, 6) is -0.341. The van der Waals surface area contributed by atoms with Gasteiger partial charge in [-0.15, -0.1) is 11.3 Å². The Morgan fingerprint density at radius 2 is 2.15 bits per heavy atom. The van der Waals surface area contributed by atoms with Crippen LogP contribution >= 0.6 is 11.3 Å². The normalized spacial score (nSPS) is 12.7. The second kappa shape index (κ2) is 9.07. The minimum absolute atomic E-state index is 0.121. The zero-order valence-electron chi connectivity index (χ0n) is 12.0.